The molecule has 0 radical (unpaired) electrons. The smallest absolute Gasteiger partial charge is 0.417 e. The third-order valence-corrected chi connectivity index (χ3v) is 11.6. The fourth-order valence-corrected chi connectivity index (χ4v) is 8.57. The molecule has 1 unspecified atom stereocenters. The number of ether oxygens (including phenoxy) is 1. The lowest BCUT2D eigenvalue weighted by atomic mass is 10.0. The molecule has 17 heteroatoms. The lowest BCUT2D eigenvalue weighted by Crippen LogP contribution is -2.55. The summed E-state index contributed by atoms with van der Waals surface area (Å²) in [4.78, 5) is 58.0. The van der Waals surface area contributed by atoms with Gasteiger partial charge in [-0.1, -0.05) is 19.9 Å². The van der Waals surface area contributed by atoms with Crippen molar-refractivity contribution in [2.75, 3.05) is 59.8 Å². The molecule has 3 heterocycles. The molecule has 3 aliphatic heterocycles. The zero-order chi connectivity index (χ0) is 42.6. The topological polar surface area (TPSA) is 150 Å². The first-order valence-electron chi connectivity index (χ1n) is 19.7. The Morgan fingerprint density at radius 3 is 2.47 bits per heavy atom. The first-order valence-corrected chi connectivity index (χ1v) is 20.2. The highest BCUT2D eigenvalue weighted by Gasteiger charge is 2.52. The van der Waals surface area contributed by atoms with E-state index >= 15 is 0 Å². The molecule has 0 aliphatic carbocycles. The number of hydrogen-bond acceptors (Lipinski definition) is 11. The maximum Gasteiger partial charge on any atom is 0.417 e. The molecular formula is C42H49F3N8O5S. The van der Waals surface area contributed by atoms with Gasteiger partial charge in [-0.15, -0.1) is 12.6 Å². The van der Waals surface area contributed by atoms with E-state index in [0.29, 0.717) is 55.3 Å². The summed E-state index contributed by atoms with van der Waals surface area (Å²) in [5.41, 5.74) is -0.928. The van der Waals surface area contributed by atoms with Gasteiger partial charge in [0.25, 0.3) is 5.91 Å². The van der Waals surface area contributed by atoms with Crippen LogP contribution in [0.2, 0.25) is 0 Å². The summed E-state index contributed by atoms with van der Waals surface area (Å²) in [7, 11) is 0. The van der Waals surface area contributed by atoms with Gasteiger partial charge in [0.05, 0.1) is 23.7 Å². The highest BCUT2D eigenvalue weighted by molar-refractivity contribution is 7.81. The van der Waals surface area contributed by atoms with Crippen molar-refractivity contribution >= 4 is 59.0 Å². The Hall–Kier alpha value is -5.31. The number of carbonyl (C=O) groups excluding carboxylic acids is 4. The highest BCUT2D eigenvalue weighted by atomic mass is 32.1. The van der Waals surface area contributed by atoms with E-state index in [1.165, 1.54) is 11.0 Å². The Labute approximate surface area is 347 Å². The molecule has 3 aromatic carbocycles. The summed E-state index contributed by atoms with van der Waals surface area (Å²) < 4.78 is 47.7. The summed E-state index contributed by atoms with van der Waals surface area (Å²) in [6.07, 6.45) is -2.64. The molecule has 3 saturated heterocycles. The molecule has 3 aromatic rings. The number of piperidine rings is 1. The summed E-state index contributed by atoms with van der Waals surface area (Å²) in [6.45, 7) is 11.0. The summed E-state index contributed by atoms with van der Waals surface area (Å²) in [5.74, 6) is -0.540. The average molecular weight is 835 g/mol. The largest absolute Gasteiger partial charge is 0.492 e. The van der Waals surface area contributed by atoms with Crippen LogP contribution in [0.5, 0.6) is 5.75 Å². The first-order chi connectivity index (χ1) is 28.0. The molecule has 4 amide bonds. The van der Waals surface area contributed by atoms with Gasteiger partial charge in [-0.25, -0.2) is 0 Å². The van der Waals surface area contributed by atoms with Crippen LogP contribution in [0.15, 0.2) is 60.7 Å². The maximum absolute atomic E-state index is 13.8. The number of imide groups is 1. The van der Waals surface area contributed by atoms with Crippen LogP contribution in [-0.4, -0.2) is 95.9 Å². The number of aryl methyl sites for hydroxylation is 1. The van der Waals surface area contributed by atoms with Crippen LogP contribution in [0.4, 0.5) is 35.9 Å². The summed E-state index contributed by atoms with van der Waals surface area (Å²) in [6, 6.07) is 17.2. The van der Waals surface area contributed by atoms with E-state index < -0.39 is 40.3 Å². The SMILES string of the molecule is CCc1cc(N2[C@@H](S)N(c3ccc(C#N)c(C(F)(F)F)c3)C(=O)C2(C)C)ccc1OCCN1CCN(CC(=O)Nc2cccc(NC3CCC(=O)NC3=O)c2)[C@H](CC)C1. The second kappa shape index (κ2) is 17.9. The lowest BCUT2D eigenvalue weighted by molar-refractivity contribution is -0.138. The predicted molar refractivity (Wildman–Crippen MR) is 221 cm³/mol. The van der Waals surface area contributed by atoms with E-state index in [-0.39, 0.29) is 42.4 Å². The molecule has 0 saturated carbocycles. The Balaban J connectivity index is 1.03. The van der Waals surface area contributed by atoms with E-state index in [9.17, 15) is 37.6 Å². The van der Waals surface area contributed by atoms with E-state index in [0.717, 1.165) is 37.2 Å². The molecular weight excluding hydrogens is 786 g/mol. The number of anilines is 4. The lowest BCUT2D eigenvalue weighted by Gasteiger charge is -2.40. The third kappa shape index (κ3) is 9.61. The summed E-state index contributed by atoms with van der Waals surface area (Å²) in [5, 5.41) is 17.7. The molecule has 13 nitrogen and oxygen atoms in total. The van der Waals surface area contributed by atoms with Gasteiger partial charge < -0.3 is 20.3 Å². The van der Waals surface area contributed by atoms with Crippen molar-refractivity contribution in [3.63, 3.8) is 0 Å². The van der Waals surface area contributed by atoms with Crippen molar-refractivity contribution in [3.05, 3.63) is 77.4 Å². The van der Waals surface area contributed by atoms with Gasteiger partial charge in [-0.2, -0.15) is 18.4 Å². The Morgan fingerprint density at radius 2 is 1.78 bits per heavy atom. The zero-order valence-electron chi connectivity index (χ0n) is 33.4. The number of thiol groups is 1. The van der Waals surface area contributed by atoms with Gasteiger partial charge in [-0.05, 0) is 93.3 Å². The quantitative estimate of drug-likeness (QED) is 0.126. The minimum Gasteiger partial charge on any atom is -0.492 e. The minimum atomic E-state index is -4.78. The maximum atomic E-state index is 13.8. The van der Waals surface area contributed by atoms with Gasteiger partial charge >= 0.3 is 6.18 Å². The van der Waals surface area contributed by atoms with E-state index in [1.807, 2.05) is 25.1 Å². The second-order valence-corrected chi connectivity index (χ2v) is 15.9. The Morgan fingerprint density at radius 1 is 1.03 bits per heavy atom. The van der Waals surface area contributed by atoms with E-state index in [2.05, 4.69) is 32.7 Å². The fourth-order valence-electron chi connectivity index (χ4n) is 7.91. The molecule has 3 aliphatic rings. The van der Waals surface area contributed by atoms with Crippen LogP contribution >= 0.6 is 12.6 Å². The highest BCUT2D eigenvalue weighted by Crippen LogP contribution is 2.43. The van der Waals surface area contributed by atoms with Crippen LogP contribution < -0.4 is 30.5 Å². The monoisotopic (exact) mass is 834 g/mol. The molecule has 3 fully saturated rings. The van der Waals surface area contributed by atoms with Crippen molar-refractivity contribution in [1.82, 2.24) is 15.1 Å². The van der Waals surface area contributed by atoms with E-state index in [4.69, 9.17) is 17.4 Å². The van der Waals surface area contributed by atoms with Gasteiger partial charge in [0, 0.05) is 61.4 Å². The number of carbonyl (C=O) groups is 4. The molecule has 0 aromatic heterocycles. The zero-order valence-corrected chi connectivity index (χ0v) is 34.3. The average Bonchev–Trinajstić information content (AvgIpc) is 3.37. The molecule has 0 spiro atoms. The van der Waals surface area contributed by atoms with Crippen molar-refractivity contribution in [1.29, 1.82) is 5.26 Å². The molecule has 0 bridgehead atoms. The molecule has 314 valence electrons. The number of benzene rings is 3. The van der Waals surface area contributed by atoms with Gasteiger partial charge in [0.2, 0.25) is 17.7 Å². The molecule has 59 heavy (non-hydrogen) atoms. The Kier molecular flexibility index (Phi) is 13.1. The van der Waals surface area contributed by atoms with Crippen molar-refractivity contribution in [2.24, 2.45) is 0 Å². The van der Waals surface area contributed by atoms with Crippen LogP contribution in [0, 0.1) is 11.3 Å². The minimum absolute atomic E-state index is 0.00848. The van der Waals surface area contributed by atoms with Crippen LogP contribution in [0.1, 0.15) is 63.6 Å². The number of piperazine rings is 1. The van der Waals surface area contributed by atoms with Crippen LogP contribution in [-0.2, 0) is 31.8 Å². The number of amides is 4. The summed E-state index contributed by atoms with van der Waals surface area (Å²) >= 11 is 4.73. The van der Waals surface area contributed by atoms with Crippen molar-refractivity contribution in [2.45, 2.75) is 82.7 Å². The number of alkyl halides is 3. The number of halogens is 3. The first kappa shape index (κ1) is 43.3. The third-order valence-electron chi connectivity index (χ3n) is 11.1. The second-order valence-electron chi connectivity index (χ2n) is 15.4. The fraction of sp³-hybridized carbons (Fsp3) is 0.452. The van der Waals surface area contributed by atoms with Crippen LogP contribution in [0.25, 0.3) is 0 Å². The Bertz CT molecular complexity index is 2130. The van der Waals surface area contributed by atoms with Gasteiger partial charge in [-0.3, -0.25) is 39.2 Å². The van der Waals surface area contributed by atoms with E-state index in [1.54, 1.807) is 49.1 Å². The number of nitrogens with zero attached hydrogens (tertiary/aromatic N) is 5. The van der Waals surface area contributed by atoms with Crippen molar-refractivity contribution < 1.29 is 37.1 Å². The predicted octanol–water partition coefficient (Wildman–Crippen LogP) is 5.62. The molecule has 6 rings (SSSR count). The standard InChI is InChI=1S/C42H49F3N8O5S/c1-5-26-20-32(53-40(59)52(39(57)41(53,3)4)31-11-10-27(23-46)33(22-31)42(43,44)45)12-14-35(26)58-19-18-50-16-17-51(30(6-2)24-50)25-37(55)48-29-9-7-8-28(21-29)47-34-13-15-36(54)49-38(34)56/h7-12,14,20-22,30,34,40,47,59H,5-6,13,15-19,24-25H2,1-4H3,(H,48,55)(H,49,54,56)/t30-,34?,40+/m1/s1. The van der Waals surface area contributed by atoms with Gasteiger partial charge in [0.1, 0.15) is 23.9 Å². The van der Waals surface area contributed by atoms with Crippen molar-refractivity contribution in [3.8, 4) is 11.8 Å². The number of rotatable bonds is 13. The normalized spacial score (nSPS) is 21.3. The van der Waals surface area contributed by atoms with Gasteiger partial charge in [0.15, 0.2) is 5.50 Å². The number of nitriles is 1. The number of nitrogens with one attached hydrogen (secondary N) is 3. The molecule has 3 atom stereocenters. The molecule has 3 N–H and O–H groups in total. The van der Waals surface area contributed by atoms with Crippen LogP contribution in [0.3, 0.4) is 0 Å². The number of hydrogen-bond donors (Lipinski definition) is 4.